The lowest BCUT2D eigenvalue weighted by Gasteiger charge is -2.22. The molecule has 0 aliphatic carbocycles. The van der Waals surface area contributed by atoms with E-state index in [4.69, 9.17) is 4.74 Å². The van der Waals surface area contributed by atoms with Gasteiger partial charge in [0.05, 0.1) is 11.6 Å². The van der Waals surface area contributed by atoms with Crippen molar-refractivity contribution in [1.82, 2.24) is 15.2 Å². The number of pyridine rings is 1. The lowest BCUT2D eigenvalue weighted by molar-refractivity contribution is -0.132. The molecule has 1 saturated heterocycles. The van der Waals surface area contributed by atoms with Crippen molar-refractivity contribution >= 4 is 45.7 Å². The number of anilines is 1. The first kappa shape index (κ1) is 26.3. The van der Waals surface area contributed by atoms with Crippen LogP contribution in [-0.2, 0) is 15.3 Å². The van der Waals surface area contributed by atoms with Crippen LogP contribution in [0.25, 0.3) is 5.76 Å². The zero-order valence-electron chi connectivity index (χ0n) is 20.4. The Kier molecular flexibility index (Phi) is 7.80. The average Bonchev–Trinajstić information content (AvgIpc) is 3.53. The number of nitrogens with zero attached hydrogens (tertiary/aromatic N) is 4. The van der Waals surface area contributed by atoms with Gasteiger partial charge in [-0.15, -0.1) is 10.2 Å². The fourth-order valence-electron chi connectivity index (χ4n) is 4.03. The Bertz CT molecular complexity index is 1560. The monoisotopic (exact) mass is 560 g/mol. The molecule has 5 rings (SSSR count). The van der Waals surface area contributed by atoms with E-state index in [2.05, 4.69) is 21.8 Å². The largest absolute Gasteiger partial charge is 0.507 e. The van der Waals surface area contributed by atoms with Crippen LogP contribution < -0.4 is 9.64 Å². The second-order valence-corrected chi connectivity index (χ2v) is 10.5. The van der Waals surface area contributed by atoms with Crippen LogP contribution in [0.4, 0.5) is 9.52 Å². The molecule has 1 atom stereocenters. The van der Waals surface area contributed by atoms with Crippen molar-refractivity contribution in [2.75, 3.05) is 11.5 Å². The third-order valence-electron chi connectivity index (χ3n) is 5.87. The van der Waals surface area contributed by atoms with E-state index in [1.807, 2.05) is 0 Å². The van der Waals surface area contributed by atoms with Gasteiger partial charge in [-0.3, -0.25) is 19.5 Å². The predicted molar refractivity (Wildman–Crippen MR) is 147 cm³/mol. The summed E-state index contributed by atoms with van der Waals surface area (Å²) in [5.41, 5.74) is 1.33. The minimum Gasteiger partial charge on any atom is -0.507 e. The van der Waals surface area contributed by atoms with E-state index < -0.39 is 17.7 Å². The Labute approximate surface area is 231 Å². The van der Waals surface area contributed by atoms with Gasteiger partial charge in [0.1, 0.15) is 23.9 Å². The van der Waals surface area contributed by atoms with Gasteiger partial charge >= 0.3 is 5.91 Å². The maximum Gasteiger partial charge on any atom is 0.301 e. The molecular weight excluding hydrogens is 539 g/mol. The maximum atomic E-state index is 14.0. The van der Waals surface area contributed by atoms with Gasteiger partial charge in [-0.25, -0.2) is 4.39 Å². The second-order valence-electron chi connectivity index (χ2n) is 8.30. The van der Waals surface area contributed by atoms with Gasteiger partial charge in [-0.05, 0) is 41.5 Å². The summed E-state index contributed by atoms with van der Waals surface area (Å²) in [6.45, 7) is 3.95. The normalized spacial score (nSPS) is 16.4. The fraction of sp³-hybridized carbons (Fsp3) is 0.107. The summed E-state index contributed by atoms with van der Waals surface area (Å²) in [5, 5.41) is 19.7. The molecule has 1 aliphatic heterocycles. The third kappa shape index (κ3) is 5.45. The highest BCUT2D eigenvalue weighted by atomic mass is 32.2. The zero-order valence-corrected chi connectivity index (χ0v) is 22.0. The first-order valence-corrected chi connectivity index (χ1v) is 13.5. The number of carbonyl (C=O) groups is 2. The first-order valence-electron chi connectivity index (χ1n) is 11.7. The van der Waals surface area contributed by atoms with Crippen LogP contribution in [-0.4, -0.2) is 38.6 Å². The number of Topliss-reactive ketones (excluding diaryl/α,β-unsaturated/α-hetero) is 1. The lowest BCUT2D eigenvalue weighted by Crippen LogP contribution is -2.29. The van der Waals surface area contributed by atoms with E-state index in [1.165, 1.54) is 35.1 Å². The minimum atomic E-state index is -0.969. The van der Waals surface area contributed by atoms with Gasteiger partial charge in [0, 0.05) is 23.7 Å². The van der Waals surface area contributed by atoms with Crippen LogP contribution in [0.15, 0.2) is 95.6 Å². The number of aromatic nitrogens is 3. The summed E-state index contributed by atoms with van der Waals surface area (Å²) in [6.07, 6.45) is 4.58. The van der Waals surface area contributed by atoms with Crippen molar-refractivity contribution < 1.29 is 23.8 Å². The number of ether oxygens (including phenoxy) is 1. The number of rotatable bonds is 9. The van der Waals surface area contributed by atoms with Gasteiger partial charge < -0.3 is 9.84 Å². The number of amides is 1. The molecule has 196 valence electrons. The molecule has 1 aliphatic rings. The summed E-state index contributed by atoms with van der Waals surface area (Å²) < 4.78 is 20.1. The molecule has 1 N–H and O–H groups in total. The lowest BCUT2D eigenvalue weighted by atomic mass is 9.95. The number of hydrogen-bond acceptors (Lipinski definition) is 9. The number of thioether (sulfide) groups is 1. The number of benzene rings is 2. The molecule has 2 aromatic carbocycles. The highest BCUT2D eigenvalue weighted by Crippen LogP contribution is 2.44. The Morgan fingerprint density at radius 2 is 1.85 bits per heavy atom. The van der Waals surface area contributed by atoms with E-state index in [1.54, 1.807) is 60.7 Å². The molecule has 0 radical (unpaired) electrons. The van der Waals surface area contributed by atoms with E-state index >= 15 is 0 Å². The average molecular weight is 561 g/mol. The molecule has 1 amide bonds. The maximum absolute atomic E-state index is 14.0. The second kappa shape index (κ2) is 11.6. The van der Waals surface area contributed by atoms with Crippen molar-refractivity contribution in [2.45, 2.75) is 16.1 Å². The zero-order chi connectivity index (χ0) is 27.4. The van der Waals surface area contributed by atoms with Crippen LogP contribution >= 0.6 is 23.1 Å². The number of carbonyl (C=O) groups excluding carboxylic acids is 2. The van der Waals surface area contributed by atoms with Crippen molar-refractivity contribution in [3.63, 3.8) is 0 Å². The van der Waals surface area contributed by atoms with Crippen molar-refractivity contribution in [3.05, 3.63) is 114 Å². The number of aliphatic hydroxyl groups is 1. The Balaban J connectivity index is 1.52. The molecule has 0 spiro atoms. The van der Waals surface area contributed by atoms with E-state index in [0.29, 0.717) is 39.1 Å². The topological polar surface area (TPSA) is 106 Å². The van der Waals surface area contributed by atoms with Gasteiger partial charge in [-0.2, -0.15) is 0 Å². The molecule has 11 heteroatoms. The molecule has 1 fully saturated rings. The van der Waals surface area contributed by atoms with E-state index in [0.717, 1.165) is 11.3 Å². The van der Waals surface area contributed by atoms with E-state index in [9.17, 15) is 19.1 Å². The van der Waals surface area contributed by atoms with Crippen LogP contribution in [0, 0.1) is 5.82 Å². The van der Waals surface area contributed by atoms with Crippen molar-refractivity contribution in [3.8, 4) is 5.75 Å². The molecule has 0 saturated carbocycles. The molecule has 3 heterocycles. The van der Waals surface area contributed by atoms with Gasteiger partial charge in [0.2, 0.25) is 5.13 Å². The molecule has 2 aromatic heterocycles. The summed E-state index contributed by atoms with van der Waals surface area (Å²) in [4.78, 5) is 31.8. The number of halogens is 1. The summed E-state index contributed by atoms with van der Waals surface area (Å²) in [6, 6.07) is 15.4. The number of hydrogen-bond donors (Lipinski definition) is 1. The minimum absolute atomic E-state index is 0.0817. The van der Waals surface area contributed by atoms with Gasteiger partial charge in [0.15, 0.2) is 4.34 Å². The quantitative estimate of drug-likeness (QED) is 0.0709. The summed E-state index contributed by atoms with van der Waals surface area (Å²) in [7, 11) is 0. The fourth-order valence-corrected chi connectivity index (χ4v) is 5.88. The highest BCUT2D eigenvalue weighted by Gasteiger charge is 2.48. The predicted octanol–water partition coefficient (Wildman–Crippen LogP) is 5.56. The van der Waals surface area contributed by atoms with Crippen LogP contribution in [0.5, 0.6) is 5.75 Å². The smallest absolute Gasteiger partial charge is 0.301 e. The van der Waals surface area contributed by atoms with Crippen LogP contribution in [0.2, 0.25) is 0 Å². The standard InChI is InChI=1S/C28H21FN4O4S2/c1-2-15-37-20-9-7-17(8-10-20)23-22(24(34)18-11-13-30-14-12-18)25(35)26(36)33(23)27-31-32-28(39-27)38-16-19-5-3-4-6-21(19)29/h2-14,23,34H,1,15-16H2. The molecule has 1 unspecified atom stereocenters. The van der Waals surface area contributed by atoms with E-state index in [-0.39, 0.29) is 22.3 Å². The molecule has 4 aromatic rings. The number of ketones is 1. The third-order valence-corrected chi connectivity index (χ3v) is 7.98. The highest BCUT2D eigenvalue weighted by molar-refractivity contribution is 8.00. The summed E-state index contributed by atoms with van der Waals surface area (Å²) >= 11 is 2.37. The number of aliphatic hydroxyl groups excluding tert-OH is 1. The molecular formula is C28H21FN4O4S2. The van der Waals surface area contributed by atoms with Gasteiger partial charge in [0.25, 0.3) is 5.78 Å². The Morgan fingerprint density at radius 1 is 1.10 bits per heavy atom. The van der Waals surface area contributed by atoms with Crippen LogP contribution in [0.3, 0.4) is 0 Å². The SMILES string of the molecule is C=CCOc1ccc(C2C(=C(O)c3ccncc3)C(=O)C(=O)N2c2nnc(SCc3ccccc3F)s2)cc1. The summed E-state index contributed by atoms with van der Waals surface area (Å²) in [5.74, 6) is -1.45. The van der Waals surface area contributed by atoms with Gasteiger partial charge in [-0.1, -0.05) is 66.1 Å². The van der Waals surface area contributed by atoms with Crippen LogP contribution in [0.1, 0.15) is 22.7 Å². The Hall–Kier alpha value is -4.35. The van der Waals surface area contributed by atoms with Crippen molar-refractivity contribution in [1.29, 1.82) is 0 Å². The molecule has 0 bridgehead atoms. The molecule has 8 nitrogen and oxygen atoms in total. The Morgan fingerprint density at radius 3 is 2.56 bits per heavy atom. The molecule has 39 heavy (non-hydrogen) atoms. The van der Waals surface area contributed by atoms with Crippen molar-refractivity contribution in [2.24, 2.45) is 0 Å². The first-order chi connectivity index (χ1) is 19.0.